The first-order valence-electron chi connectivity index (χ1n) is 17.2. The van der Waals surface area contributed by atoms with Crippen LogP contribution >= 0.6 is 0 Å². The van der Waals surface area contributed by atoms with E-state index in [4.69, 9.17) is 14.8 Å². The van der Waals surface area contributed by atoms with E-state index >= 15 is 0 Å². The number of benzene rings is 6. The molecule has 6 aromatic carbocycles. The van der Waals surface area contributed by atoms with Gasteiger partial charge in [0, 0.05) is 36.3 Å². The average Bonchev–Trinajstić information content (AvgIpc) is 3.79. The monoisotopic (exact) mass is 865 g/mol. The van der Waals surface area contributed by atoms with Gasteiger partial charge in [-0.3, -0.25) is 4.68 Å². The van der Waals surface area contributed by atoms with Crippen molar-refractivity contribution in [1.82, 2.24) is 19.3 Å². The minimum atomic E-state index is 0. The second-order valence-electron chi connectivity index (χ2n) is 12.7. The Labute approximate surface area is 321 Å². The third kappa shape index (κ3) is 5.49. The molecule has 53 heavy (non-hydrogen) atoms. The van der Waals surface area contributed by atoms with Crippen molar-refractivity contribution >= 4 is 55.9 Å². The molecule has 0 unspecified atom stereocenters. The van der Waals surface area contributed by atoms with Gasteiger partial charge in [0.05, 0.1) is 17.1 Å². The van der Waals surface area contributed by atoms with Crippen molar-refractivity contribution in [3.05, 3.63) is 176 Å². The van der Waals surface area contributed by atoms with Crippen LogP contribution in [0.2, 0.25) is 0 Å². The molecule has 0 bridgehead atoms. The van der Waals surface area contributed by atoms with Crippen LogP contribution in [-0.4, -0.2) is 19.3 Å². The fourth-order valence-corrected chi connectivity index (χ4v) is 7.21. The Kier molecular flexibility index (Phi) is 8.13. The van der Waals surface area contributed by atoms with Gasteiger partial charge in [0.1, 0.15) is 5.82 Å². The van der Waals surface area contributed by atoms with Crippen LogP contribution in [0.15, 0.2) is 164 Å². The van der Waals surface area contributed by atoms with Crippen LogP contribution < -0.4 is 14.5 Å². The molecule has 256 valence electrons. The van der Waals surface area contributed by atoms with Crippen molar-refractivity contribution in [3.63, 3.8) is 0 Å². The maximum absolute atomic E-state index is 6.89. The van der Waals surface area contributed by atoms with Crippen molar-refractivity contribution < 1.29 is 25.8 Å². The summed E-state index contributed by atoms with van der Waals surface area (Å²) in [6.45, 7) is 0. The molecule has 8 heteroatoms. The van der Waals surface area contributed by atoms with Crippen LogP contribution in [0.25, 0.3) is 38.9 Å². The zero-order chi connectivity index (χ0) is 34.6. The second kappa shape index (κ2) is 13.3. The number of fused-ring (bicyclic) bond motifs is 5. The maximum atomic E-state index is 6.89. The predicted molar refractivity (Wildman–Crippen MR) is 208 cm³/mol. The summed E-state index contributed by atoms with van der Waals surface area (Å²) in [5.41, 5.74) is 9.14. The first kappa shape index (κ1) is 32.5. The molecular formula is C45H30N6OPt. The van der Waals surface area contributed by atoms with Crippen LogP contribution in [0.1, 0.15) is 0 Å². The van der Waals surface area contributed by atoms with Gasteiger partial charge in [-0.2, -0.15) is 6.07 Å². The summed E-state index contributed by atoms with van der Waals surface area (Å²) in [5.74, 6) is 2.32. The average molecular weight is 866 g/mol. The van der Waals surface area contributed by atoms with Gasteiger partial charge in [0.2, 0.25) is 0 Å². The topological polar surface area (TPSA) is 51.4 Å². The Morgan fingerprint density at radius 3 is 2.26 bits per heavy atom. The van der Waals surface area contributed by atoms with Crippen molar-refractivity contribution in [2.45, 2.75) is 0 Å². The number of ether oxygens (including phenoxy) is 1. The summed E-state index contributed by atoms with van der Waals surface area (Å²) >= 11 is 0. The molecule has 0 aliphatic carbocycles. The van der Waals surface area contributed by atoms with Crippen molar-refractivity contribution in [2.75, 3.05) is 9.80 Å². The summed E-state index contributed by atoms with van der Waals surface area (Å²) in [4.78, 5) is 9.21. The number of nitrogens with zero attached hydrogens (tertiary/aromatic N) is 6. The number of rotatable bonds is 6. The molecule has 0 saturated carbocycles. The molecule has 0 radical (unpaired) electrons. The fourth-order valence-electron chi connectivity index (χ4n) is 7.21. The van der Waals surface area contributed by atoms with Gasteiger partial charge in [0.25, 0.3) is 0 Å². The number of pyridine rings is 1. The van der Waals surface area contributed by atoms with E-state index in [1.54, 1.807) is 0 Å². The largest absolute Gasteiger partial charge is 2.00 e. The van der Waals surface area contributed by atoms with Gasteiger partial charge in [-0.1, -0.05) is 77.9 Å². The van der Waals surface area contributed by atoms with Crippen LogP contribution in [-0.2, 0) is 28.1 Å². The standard InChI is InChI=1S/C45H30N6O.Pt/c1-48-28-26-37(47-48)31-13-11-16-33(29-31)49(34-24-25-36-35-17-5-6-18-38(35)51(42(36)30-34)44-23-9-10-27-46-44)40-20-12-21-41-45(40)52-43-22-8-7-19-39(43)50(41)32-14-3-2-4-15-32;/h2-28H,1H3;/q-2;+2. The summed E-state index contributed by atoms with van der Waals surface area (Å²) in [6, 6.07) is 59.3. The summed E-state index contributed by atoms with van der Waals surface area (Å²) in [7, 11) is 1.93. The van der Waals surface area contributed by atoms with Crippen LogP contribution in [0.4, 0.5) is 34.1 Å². The first-order chi connectivity index (χ1) is 25.7. The maximum Gasteiger partial charge on any atom is 2.00 e. The third-order valence-electron chi connectivity index (χ3n) is 9.49. The zero-order valence-electron chi connectivity index (χ0n) is 28.5. The zero-order valence-corrected chi connectivity index (χ0v) is 30.8. The van der Waals surface area contributed by atoms with E-state index < -0.39 is 0 Å². The van der Waals surface area contributed by atoms with E-state index in [0.29, 0.717) is 0 Å². The van der Waals surface area contributed by atoms with E-state index in [0.717, 1.165) is 84.5 Å². The number of aromatic nitrogens is 4. The summed E-state index contributed by atoms with van der Waals surface area (Å²) in [6.07, 6.45) is 3.77. The molecule has 9 aromatic rings. The van der Waals surface area contributed by atoms with E-state index in [9.17, 15) is 0 Å². The number of aryl methyl sites for hydroxylation is 1. The minimum Gasteiger partial charge on any atom is -0.451 e. The van der Waals surface area contributed by atoms with Gasteiger partial charge < -0.3 is 19.1 Å². The van der Waals surface area contributed by atoms with E-state index in [1.165, 1.54) is 0 Å². The molecule has 4 heterocycles. The molecule has 0 atom stereocenters. The molecular weight excluding hydrogens is 836 g/mol. The minimum absolute atomic E-state index is 0. The van der Waals surface area contributed by atoms with E-state index in [-0.39, 0.29) is 21.1 Å². The molecule has 7 nitrogen and oxygen atoms in total. The molecule has 0 amide bonds. The smallest absolute Gasteiger partial charge is 0.451 e. The Morgan fingerprint density at radius 2 is 1.42 bits per heavy atom. The molecule has 10 rings (SSSR count). The Balaban J connectivity index is 0.00000372. The normalized spacial score (nSPS) is 11.8. The molecule has 3 aromatic heterocycles. The van der Waals surface area contributed by atoms with Crippen LogP contribution in [0.5, 0.6) is 11.5 Å². The Bertz CT molecular complexity index is 2760. The van der Waals surface area contributed by atoms with E-state index in [2.05, 4.69) is 117 Å². The third-order valence-corrected chi connectivity index (χ3v) is 9.49. The number of hydrogen-bond acceptors (Lipinski definition) is 5. The van der Waals surface area contributed by atoms with Crippen molar-refractivity contribution in [2.24, 2.45) is 7.05 Å². The molecule has 1 aliphatic rings. The molecule has 0 saturated heterocycles. The van der Waals surface area contributed by atoms with Gasteiger partial charge in [-0.25, -0.2) is 10.1 Å². The molecule has 0 fully saturated rings. The van der Waals surface area contributed by atoms with E-state index in [1.807, 2.05) is 84.8 Å². The van der Waals surface area contributed by atoms with Gasteiger partial charge >= 0.3 is 21.1 Å². The molecule has 0 spiro atoms. The van der Waals surface area contributed by atoms with Gasteiger partial charge in [-0.05, 0) is 65.7 Å². The molecule has 1 aliphatic heterocycles. The van der Waals surface area contributed by atoms with Crippen LogP contribution in [0.3, 0.4) is 0 Å². The second-order valence-corrected chi connectivity index (χ2v) is 12.7. The Morgan fingerprint density at radius 1 is 0.642 bits per heavy atom. The van der Waals surface area contributed by atoms with Gasteiger partial charge in [0.15, 0.2) is 11.5 Å². The van der Waals surface area contributed by atoms with Crippen molar-refractivity contribution in [1.29, 1.82) is 0 Å². The van der Waals surface area contributed by atoms with Gasteiger partial charge in [-0.15, -0.1) is 47.3 Å². The Hall–Kier alpha value is -6.43. The first-order valence-corrected chi connectivity index (χ1v) is 17.2. The SMILES string of the molecule is Cn1ccc(-c2[c-]c(N(c3[c-]c4c(cc3)c3ccccc3n4-c3ccccn3)c3cccc4c3Oc3ccccc3N4c3ccccc3)ccc2)n1.[Pt+2]. The van der Waals surface area contributed by atoms with Crippen LogP contribution in [0, 0.1) is 12.1 Å². The number of para-hydroxylation sites is 5. The molecule has 0 N–H and O–H groups in total. The predicted octanol–water partition coefficient (Wildman–Crippen LogP) is 11.2. The quantitative estimate of drug-likeness (QED) is 0.156. The van der Waals surface area contributed by atoms with Crippen molar-refractivity contribution in [3.8, 4) is 28.6 Å². The summed E-state index contributed by atoms with van der Waals surface area (Å²) < 4.78 is 10.9. The number of hydrogen-bond donors (Lipinski definition) is 0. The number of anilines is 6. The summed E-state index contributed by atoms with van der Waals surface area (Å²) in [5, 5.41) is 6.92. The fraction of sp³-hybridized carbons (Fsp3) is 0.0222.